The van der Waals surface area contributed by atoms with Gasteiger partial charge in [-0.15, -0.1) is 0 Å². The van der Waals surface area contributed by atoms with Crippen molar-refractivity contribution in [2.24, 2.45) is 0 Å². The molecule has 3 aromatic rings. The van der Waals surface area contributed by atoms with Crippen LogP contribution in [0.25, 0.3) is 0 Å². The Morgan fingerprint density at radius 3 is 2.38 bits per heavy atom. The molecule has 1 amide bonds. The molecule has 1 fully saturated rings. The van der Waals surface area contributed by atoms with Crippen LogP contribution in [-0.2, 0) is 10.0 Å². The number of para-hydroxylation sites is 2. The van der Waals surface area contributed by atoms with Gasteiger partial charge in [-0.3, -0.25) is 14.5 Å². The number of aromatic nitrogens is 1. The van der Waals surface area contributed by atoms with Crippen LogP contribution in [0, 0.1) is 0 Å². The second kappa shape index (κ2) is 9.00. The first kappa shape index (κ1) is 21.8. The minimum Gasteiger partial charge on any atom is -0.495 e. The van der Waals surface area contributed by atoms with Crippen LogP contribution in [0.4, 0.5) is 5.69 Å². The lowest BCUT2D eigenvalue weighted by molar-refractivity contribution is 0.0670. The summed E-state index contributed by atoms with van der Waals surface area (Å²) < 4.78 is 33.4. The maximum atomic E-state index is 13.3. The lowest BCUT2D eigenvalue weighted by Gasteiger charge is -2.29. The van der Waals surface area contributed by atoms with E-state index < -0.39 is 10.0 Å². The SMILES string of the molecule is COc1ccccc1NS(=O)(=O)c1ccc(C(=O)N(C2CC2)C(C)c2ccccn2)cc1. The Morgan fingerprint density at radius 2 is 1.75 bits per heavy atom. The summed E-state index contributed by atoms with van der Waals surface area (Å²) in [5, 5.41) is 0. The first-order chi connectivity index (χ1) is 15.4. The monoisotopic (exact) mass is 451 g/mol. The number of hydrogen-bond acceptors (Lipinski definition) is 5. The highest BCUT2D eigenvalue weighted by atomic mass is 32.2. The van der Waals surface area contributed by atoms with Gasteiger partial charge in [-0.2, -0.15) is 0 Å². The fraction of sp³-hybridized carbons (Fsp3) is 0.250. The van der Waals surface area contributed by atoms with Gasteiger partial charge in [0.15, 0.2) is 0 Å². The van der Waals surface area contributed by atoms with Gasteiger partial charge in [0.1, 0.15) is 5.75 Å². The van der Waals surface area contributed by atoms with E-state index >= 15 is 0 Å². The molecule has 1 N–H and O–H groups in total. The third kappa shape index (κ3) is 4.60. The van der Waals surface area contributed by atoms with E-state index in [0.29, 0.717) is 17.0 Å². The second-order valence-corrected chi connectivity index (χ2v) is 9.39. The maximum absolute atomic E-state index is 13.3. The number of rotatable bonds is 8. The Balaban J connectivity index is 1.55. The van der Waals surface area contributed by atoms with Crippen LogP contribution >= 0.6 is 0 Å². The second-order valence-electron chi connectivity index (χ2n) is 7.70. The van der Waals surface area contributed by atoms with Crippen molar-refractivity contribution < 1.29 is 17.9 Å². The zero-order valence-corrected chi connectivity index (χ0v) is 18.7. The van der Waals surface area contributed by atoms with Gasteiger partial charge in [0.05, 0.1) is 29.4 Å². The summed E-state index contributed by atoms with van der Waals surface area (Å²) in [7, 11) is -2.36. The van der Waals surface area contributed by atoms with E-state index in [4.69, 9.17) is 4.74 Å². The number of hydrogen-bond donors (Lipinski definition) is 1. The first-order valence-corrected chi connectivity index (χ1v) is 11.9. The van der Waals surface area contributed by atoms with Crippen molar-refractivity contribution in [2.75, 3.05) is 11.8 Å². The van der Waals surface area contributed by atoms with Crippen molar-refractivity contribution in [1.29, 1.82) is 0 Å². The molecule has 8 heteroatoms. The van der Waals surface area contributed by atoms with Gasteiger partial charge in [-0.25, -0.2) is 8.42 Å². The summed E-state index contributed by atoms with van der Waals surface area (Å²) in [5.41, 5.74) is 1.61. The van der Waals surface area contributed by atoms with Gasteiger partial charge in [-0.1, -0.05) is 18.2 Å². The lowest BCUT2D eigenvalue weighted by atomic mass is 10.1. The zero-order valence-electron chi connectivity index (χ0n) is 17.9. The van der Waals surface area contributed by atoms with Gasteiger partial charge in [-0.05, 0) is 68.3 Å². The molecule has 1 unspecified atom stereocenters. The molecule has 4 rings (SSSR count). The van der Waals surface area contributed by atoms with E-state index in [0.717, 1.165) is 18.5 Å². The van der Waals surface area contributed by atoms with Crippen molar-refractivity contribution in [3.05, 3.63) is 84.2 Å². The van der Waals surface area contributed by atoms with Crippen molar-refractivity contribution in [1.82, 2.24) is 9.88 Å². The van der Waals surface area contributed by atoms with E-state index in [-0.39, 0.29) is 22.9 Å². The number of ether oxygens (including phenoxy) is 1. The van der Waals surface area contributed by atoms with E-state index in [1.165, 1.54) is 19.2 Å². The maximum Gasteiger partial charge on any atom is 0.262 e. The molecule has 1 aliphatic rings. The third-order valence-electron chi connectivity index (χ3n) is 5.47. The smallest absolute Gasteiger partial charge is 0.262 e. The Kier molecular flexibility index (Phi) is 6.14. The Labute approximate surface area is 188 Å². The molecule has 0 spiro atoms. The van der Waals surface area contributed by atoms with Gasteiger partial charge in [0.2, 0.25) is 0 Å². The lowest BCUT2D eigenvalue weighted by Crippen LogP contribution is -2.36. The Hall–Kier alpha value is -3.39. The minimum absolute atomic E-state index is 0.0655. The topological polar surface area (TPSA) is 88.6 Å². The van der Waals surface area contributed by atoms with Gasteiger partial charge >= 0.3 is 0 Å². The van der Waals surface area contributed by atoms with Crippen molar-refractivity contribution in [3.63, 3.8) is 0 Å². The molecule has 7 nitrogen and oxygen atoms in total. The fourth-order valence-corrected chi connectivity index (χ4v) is 4.71. The van der Waals surface area contributed by atoms with E-state index in [9.17, 15) is 13.2 Å². The van der Waals surface area contributed by atoms with E-state index in [2.05, 4.69) is 9.71 Å². The van der Waals surface area contributed by atoms with E-state index in [1.54, 1.807) is 42.6 Å². The molecular formula is C24H25N3O4S. The molecule has 0 bridgehead atoms. The molecule has 1 atom stereocenters. The average Bonchev–Trinajstić information content (AvgIpc) is 3.65. The van der Waals surface area contributed by atoms with Crippen molar-refractivity contribution in [3.8, 4) is 5.75 Å². The molecule has 1 aromatic heterocycles. The van der Waals surface area contributed by atoms with Crippen molar-refractivity contribution in [2.45, 2.75) is 36.7 Å². The normalized spacial score (nSPS) is 14.4. The molecule has 32 heavy (non-hydrogen) atoms. The number of pyridine rings is 1. The predicted octanol–water partition coefficient (Wildman–Crippen LogP) is 4.26. The van der Waals surface area contributed by atoms with Crippen LogP contribution in [0.1, 0.15) is 41.9 Å². The van der Waals surface area contributed by atoms with Crippen LogP contribution in [-0.4, -0.2) is 37.4 Å². The molecular weight excluding hydrogens is 426 g/mol. The number of nitrogens with zero attached hydrogens (tertiary/aromatic N) is 2. The molecule has 0 saturated heterocycles. The van der Waals surface area contributed by atoms with Crippen LogP contribution in [0.3, 0.4) is 0 Å². The fourth-order valence-electron chi connectivity index (χ4n) is 3.63. The minimum atomic E-state index is -3.84. The molecule has 0 radical (unpaired) electrons. The first-order valence-electron chi connectivity index (χ1n) is 10.4. The number of carbonyl (C=O) groups is 1. The van der Waals surface area contributed by atoms with Crippen LogP contribution in [0.15, 0.2) is 77.8 Å². The van der Waals surface area contributed by atoms with Crippen LogP contribution in [0.2, 0.25) is 0 Å². The quantitative estimate of drug-likeness (QED) is 0.553. The predicted molar refractivity (Wildman–Crippen MR) is 122 cm³/mol. The van der Waals surface area contributed by atoms with Crippen molar-refractivity contribution >= 4 is 21.6 Å². The molecule has 1 saturated carbocycles. The van der Waals surface area contributed by atoms with Crippen LogP contribution < -0.4 is 9.46 Å². The highest BCUT2D eigenvalue weighted by Crippen LogP contribution is 2.35. The largest absolute Gasteiger partial charge is 0.495 e. The summed E-state index contributed by atoms with van der Waals surface area (Å²) in [5.74, 6) is 0.291. The average molecular weight is 452 g/mol. The molecule has 1 heterocycles. The Bertz CT molecular complexity index is 1190. The highest BCUT2D eigenvalue weighted by molar-refractivity contribution is 7.92. The summed E-state index contributed by atoms with van der Waals surface area (Å²) in [6.07, 6.45) is 3.63. The Morgan fingerprint density at radius 1 is 1.06 bits per heavy atom. The number of nitrogens with one attached hydrogen (secondary N) is 1. The summed E-state index contributed by atoms with van der Waals surface area (Å²) >= 11 is 0. The van der Waals surface area contributed by atoms with E-state index in [1.807, 2.05) is 30.0 Å². The molecule has 1 aliphatic carbocycles. The number of amides is 1. The summed E-state index contributed by atoms with van der Waals surface area (Å²) in [4.78, 5) is 19.6. The number of anilines is 1. The number of benzene rings is 2. The summed E-state index contributed by atoms with van der Waals surface area (Å²) in [6, 6.07) is 18.4. The number of methoxy groups -OCH3 is 1. The standard InChI is InChI=1S/C24H25N3O4S/c1-17(21-7-5-6-16-25-21)27(19-12-13-19)24(28)18-10-14-20(15-11-18)32(29,30)26-22-8-3-4-9-23(22)31-2/h3-11,14-17,19,26H,12-13H2,1-2H3. The van der Waals surface area contributed by atoms with Crippen LogP contribution in [0.5, 0.6) is 5.75 Å². The zero-order chi connectivity index (χ0) is 22.7. The number of sulfonamides is 1. The molecule has 2 aromatic carbocycles. The highest BCUT2D eigenvalue weighted by Gasteiger charge is 2.37. The van der Waals surface area contributed by atoms with Gasteiger partial charge in [0.25, 0.3) is 15.9 Å². The van der Waals surface area contributed by atoms with Gasteiger partial charge in [0, 0.05) is 17.8 Å². The molecule has 166 valence electrons. The number of carbonyl (C=O) groups excluding carboxylic acids is 1. The summed E-state index contributed by atoms with van der Waals surface area (Å²) in [6.45, 7) is 1.97. The third-order valence-corrected chi connectivity index (χ3v) is 6.85. The van der Waals surface area contributed by atoms with Gasteiger partial charge < -0.3 is 9.64 Å². The molecule has 0 aliphatic heterocycles.